The van der Waals surface area contributed by atoms with E-state index in [9.17, 15) is 8.42 Å². The first-order valence-electron chi connectivity index (χ1n) is 5.22. The van der Waals surface area contributed by atoms with Gasteiger partial charge in [-0.25, -0.2) is 8.42 Å². The maximum Gasteiger partial charge on any atom is 0.224 e. The molecule has 90 valence electrons. The molecule has 0 fully saturated rings. The van der Waals surface area contributed by atoms with Crippen molar-refractivity contribution in [3.05, 3.63) is 21.9 Å². The molecule has 0 amide bonds. The van der Waals surface area contributed by atoms with E-state index >= 15 is 0 Å². The van der Waals surface area contributed by atoms with Crippen molar-refractivity contribution in [1.82, 2.24) is 4.31 Å². The average molecular weight is 324 g/mol. The number of fused-ring (bicyclic) bond motifs is 1. The van der Waals surface area contributed by atoms with Gasteiger partial charge in [0.2, 0.25) is 10.0 Å². The van der Waals surface area contributed by atoms with Gasteiger partial charge in [-0.1, -0.05) is 22.9 Å². The second-order valence-corrected chi connectivity index (χ2v) is 8.03. The molecule has 0 spiro atoms. The lowest BCUT2D eigenvalue weighted by Gasteiger charge is -2.33. The summed E-state index contributed by atoms with van der Waals surface area (Å²) in [4.78, 5) is 1.34. The first-order chi connectivity index (χ1) is 7.60. The molecule has 16 heavy (non-hydrogen) atoms. The molecule has 1 aromatic rings. The smallest absolute Gasteiger partial charge is 0.211 e. The molecule has 0 bridgehead atoms. The van der Waals surface area contributed by atoms with E-state index in [2.05, 4.69) is 27.4 Å². The van der Waals surface area contributed by atoms with Gasteiger partial charge < -0.3 is 0 Å². The minimum Gasteiger partial charge on any atom is -0.211 e. The van der Waals surface area contributed by atoms with E-state index in [1.165, 1.54) is 10.4 Å². The fourth-order valence-electron chi connectivity index (χ4n) is 2.19. The maximum absolute atomic E-state index is 11.9. The fraction of sp³-hybridized carbons (Fsp3) is 0.600. The maximum atomic E-state index is 11.9. The molecule has 6 heteroatoms. The molecule has 0 N–H and O–H groups in total. The van der Waals surface area contributed by atoms with Crippen molar-refractivity contribution < 1.29 is 8.42 Å². The Morgan fingerprint density at radius 3 is 3.00 bits per heavy atom. The van der Waals surface area contributed by atoms with Crippen LogP contribution in [0.1, 0.15) is 29.8 Å². The largest absolute Gasteiger partial charge is 0.224 e. The zero-order valence-electron chi connectivity index (χ0n) is 9.02. The van der Waals surface area contributed by atoms with Crippen LogP contribution >= 0.6 is 27.3 Å². The van der Waals surface area contributed by atoms with Gasteiger partial charge in [0.25, 0.3) is 0 Å². The zero-order chi connectivity index (χ0) is 11.8. The predicted molar refractivity (Wildman–Crippen MR) is 70.5 cm³/mol. The summed E-state index contributed by atoms with van der Waals surface area (Å²) < 4.78 is 25.5. The summed E-state index contributed by atoms with van der Waals surface area (Å²) in [5.74, 6) is 0. The van der Waals surface area contributed by atoms with E-state index < -0.39 is 10.0 Å². The van der Waals surface area contributed by atoms with E-state index in [1.54, 1.807) is 15.6 Å². The van der Waals surface area contributed by atoms with Crippen LogP contribution in [0.25, 0.3) is 0 Å². The third-order valence-electron chi connectivity index (χ3n) is 2.93. The van der Waals surface area contributed by atoms with Crippen LogP contribution in [0.15, 0.2) is 11.4 Å². The van der Waals surface area contributed by atoms with Crippen molar-refractivity contribution >= 4 is 37.3 Å². The Morgan fingerprint density at radius 1 is 1.62 bits per heavy atom. The monoisotopic (exact) mass is 323 g/mol. The van der Waals surface area contributed by atoms with Crippen LogP contribution in [-0.2, 0) is 16.4 Å². The SMILES string of the molecule is CCC1c2ccsc2CCN1S(=O)(=O)CBr. The molecule has 1 unspecified atom stereocenters. The molecule has 1 atom stereocenters. The lowest BCUT2D eigenvalue weighted by Crippen LogP contribution is -2.39. The van der Waals surface area contributed by atoms with Crippen LogP contribution < -0.4 is 0 Å². The van der Waals surface area contributed by atoms with Gasteiger partial charge in [0, 0.05) is 11.4 Å². The highest BCUT2D eigenvalue weighted by molar-refractivity contribution is 9.10. The number of alkyl halides is 1. The van der Waals surface area contributed by atoms with Crippen molar-refractivity contribution in [2.75, 3.05) is 11.2 Å². The number of halogens is 1. The van der Waals surface area contributed by atoms with Crippen LogP contribution in [0.5, 0.6) is 0 Å². The molecule has 3 nitrogen and oxygen atoms in total. The molecular weight excluding hydrogens is 310 g/mol. The molecule has 1 aliphatic rings. The molecule has 2 heterocycles. The summed E-state index contributed by atoms with van der Waals surface area (Å²) in [5.41, 5.74) is 1.20. The van der Waals surface area contributed by atoms with Gasteiger partial charge in [-0.05, 0) is 29.9 Å². The second kappa shape index (κ2) is 4.76. The first-order valence-corrected chi connectivity index (χ1v) is 8.83. The molecule has 0 saturated heterocycles. The Hall–Kier alpha value is 0.0900. The summed E-state index contributed by atoms with van der Waals surface area (Å²) >= 11 is 4.80. The van der Waals surface area contributed by atoms with Crippen molar-refractivity contribution in [1.29, 1.82) is 0 Å². The van der Waals surface area contributed by atoms with E-state index in [0.717, 1.165) is 12.8 Å². The summed E-state index contributed by atoms with van der Waals surface area (Å²) in [7, 11) is -3.15. The normalized spacial score (nSPS) is 22.0. The van der Waals surface area contributed by atoms with Gasteiger partial charge in [-0.2, -0.15) is 4.31 Å². The van der Waals surface area contributed by atoms with Gasteiger partial charge in [0.15, 0.2) is 0 Å². The van der Waals surface area contributed by atoms with Crippen LogP contribution in [0.2, 0.25) is 0 Å². The van der Waals surface area contributed by atoms with Crippen LogP contribution in [0.4, 0.5) is 0 Å². The molecule has 1 aliphatic heterocycles. The minimum atomic E-state index is -3.15. The van der Waals surface area contributed by atoms with Gasteiger partial charge in [0.05, 0.1) is 6.04 Å². The van der Waals surface area contributed by atoms with Crippen LogP contribution in [-0.4, -0.2) is 23.9 Å². The van der Waals surface area contributed by atoms with Crippen molar-refractivity contribution in [2.24, 2.45) is 0 Å². The Bertz CT molecular complexity index is 469. The Balaban J connectivity index is 2.39. The zero-order valence-corrected chi connectivity index (χ0v) is 12.2. The summed E-state index contributed by atoms with van der Waals surface area (Å²) in [6, 6.07) is 2.09. The molecule has 1 aromatic heterocycles. The number of thiophene rings is 1. The highest BCUT2D eigenvalue weighted by Crippen LogP contribution is 2.36. The minimum absolute atomic E-state index is 0.00989. The van der Waals surface area contributed by atoms with E-state index in [1.807, 2.05) is 6.92 Å². The average Bonchev–Trinajstić information content (AvgIpc) is 2.75. The van der Waals surface area contributed by atoms with E-state index in [-0.39, 0.29) is 10.7 Å². The quantitative estimate of drug-likeness (QED) is 0.802. The Labute approximate surface area is 109 Å². The molecule has 0 aliphatic carbocycles. The summed E-state index contributed by atoms with van der Waals surface area (Å²) in [6.07, 6.45) is 1.67. The number of rotatable bonds is 3. The van der Waals surface area contributed by atoms with Crippen LogP contribution in [0, 0.1) is 0 Å². The molecular formula is C10H14BrNO2S2. The van der Waals surface area contributed by atoms with Crippen molar-refractivity contribution in [3.8, 4) is 0 Å². The topological polar surface area (TPSA) is 37.4 Å². The van der Waals surface area contributed by atoms with E-state index in [0.29, 0.717) is 6.54 Å². The summed E-state index contributed by atoms with van der Waals surface area (Å²) in [6.45, 7) is 2.65. The highest BCUT2D eigenvalue weighted by atomic mass is 79.9. The second-order valence-electron chi connectivity index (χ2n) is 3.80. The number of hydrogen-bond donors (Lipinski definition) is 0. The fourth-order valence-corrected chi connectivity index (χ4v) is 5.05. The van der Waals surface area contributed by atoms with Gasteiger partial charge >= 0.3 is 0 Å². The third kappa shape index (κ3) is 2.08. The van der Waals surface area contributed by atoms with Gasteiger partial charge in [0.1, 0.15) is 4.66 Å². The van der Waals surface area contributed by atoms with Gasteiger partial charge in [-0.3, -0.25) is 0 Å². The molecule has 0 aromatic carbocycles. The number of nitrogens with zero attached hydrogens (tertiary/aromatic N) is 1. The number of hydrogen-bond acceptors (Lipinski definition) is 3. The molecule has 0 saturated carbocycles. The van der Waals surface area contributed by atoms with Crippen LogP contribution in [0.3, 0.4) is 0 Å². The molecule has 2 rings (SSSR count). The number of sulfonamides is 1. The Morgan fingerprint density at radius 2 is 2.38 bits per heavy atom. The molecule has 0 radical (unpaired) electrons. The van der Waals surface area contributed by atoms with Crippen molar-refractivity contribution in [2.45, 2.75) is 25.8 Å². The standard InChI is InChI=1S/C10H14BrNO2S2/c1-2-9-8-4-6-15-10(8)3-5-12(9)16(13,14)7-11/h4,6,9H,2-3,5,7H2,1H3. The Kier molecular flexibility index (Phi) is 3.73. The lowest BCUT2D eigenvalue weighted by molar-refractivity contribution is 0.305. The van der Waals surface area contributed by atoms with Crippen molar-refractivity contribution in [3.63, 3.8) is 0 Å². The lowest BCUT2D eigenvalue weighted by atomic mass is 10.0. The summed E-state index contributed by atoms with van der Waals surface area (Å²) in [5, 5.41) is 2.05. The highest BCUT2D eigenvalue weighted by Gasteiger charge is 2.34. The first kappa shape index (κ1) is 12.5. The predicted octanol–water partition coefficient (Wildman–Crippen LogP) is 2.74. The van der Waals surface area contributed by atoms with E-state index in [4.69, 9.17) is 0 Å². The van der Waals surface area contributed by atoms with Gasteiger partial charge in [-0.15, -0.1) is 11.3 Å². The third-order valence-corrected chi connectivity index (χ3v) is 7.09.